The van der Waals surface area contributed by atoms with Crippen molar-refractivity contribution in [3.8, 4) is 0 Å². The van der Waals surface area contributed by atoms with Crippen molar-refractivity contribution in [1.29, 1.82) is 0 Å². The van der Waals surface area contributed by atoms with Crippen LogP contribution in [0.5, 0.6) is 0 Å². The quantitative estimate of drug-likeness (QED) is 0.614. The van der Waals surface area contributed by atoms with Crippen LogP contribution in [0.15, 0.2) is 48.7 Å². The van der Waals surface area contributed by atoms with Crippen molar-refractivity contribution >= 4 is 29.3 Å². The van der Waals surface area contributed by atoms with Crippen LogP contribution >= 0.6 is 0 Å². The molecule has 0 radical (unpaired) electrons. The zero-order valence-corrected chi connectivity index (χ0v) is 14.3. The van der Waals surface area contributed by atoms with Gasteiger partial charge in [0.15, 0.2) is 0 Å². The third-order valence-corrected chi connectivity index (χ3v) is 3.35. The van der Waals surface area contributed by atoms with Crippen LogP contribution in [0.25, 0.3) is 0 Å². The molecule has 136 valence electrons. The van der Waals surface area contributed by atoms with Crippen LogP contribution in [0.3, 0.4) is 0 Å². The van der Waals surface area contributed by atoms with Crippen LogP contribution in [0.1, 0.15) is 16.8 Å². The fourth-order valence-corrected chi connectivity index (χ4v) is 2.05. The Morgan fingerprint density at radius 3 is 2.65 bits per heavy atom. The van der Waals surface area contributed by atoms with Crippen molar-refractivity contribution in [3.05, 3.63) is 54.2 Å². The average Bonchev–Trinajstić information content (AvgIpc) is 2.67. The summed E-state index contributed by atoms with van der Waals surface area (Å²) >= 11 is 0. The monoisotopic (exact) mass is 356 g/mol. The fourth-order valence-electron chi connectivity index (χ4n) is 2.05. The summed E-state index contributed by atoms with van der Waals surface area (Å²) in [6.07, 6.45) is 1.75. The van der Waals surface area contributed by atoms with Gasteiger partial charge in [-0.1, -0.05) is 12.1 Å². The number of anilines is 2. The molecule has 0 aliphatic heterocycles. The van der Waals surface area contributed by atoms with E-state index in [9.17, 15) is 14.4 Å². The normalized spacial score (nSPS) is 9.88. The minimum Gasteiger partial charge on any atom is -0.469 e. The lowest BCUT2D eigenvalue weighted by Crippen LogP contribution is -2.37. The van der Waals surface area contributed by atoms with Crippen molar-refractivity contribution in [2.45, 2.75) is 6.42 Å². The summed E-state index contributed by atoms with van der Waals surface area (Å²) in [4.78, 5) is 38.9. The van der Waals surface area contributed by atoms with Gasteiger partial charge in [-0.05, 0) is 30.3 Å². The Balaban J connectivity index is 1.83. The first-order valence-corrected chi connectivity index (χ1v) is 7.98. The molecule has 1 aromatic heterocycles. The number of amides is 2. The first-order valence-electron chi connectivity index (χ1n) is 7.98. The second-order valence-electron chi connectivity index (χ2n) is 5.28. The van der Waals surface area contributed by atoms with E-state index in [-0.39, 0.29) is 31.3 Å². The molecule has 2 amide bonds. The van der Waals surface area contributed by atoms with E-state index in [2.05, 4.69) is 25.7 Å². The van der Waals surface area contributed by atoms with Gasteiger partial charge in [0.1, 0.15) is 5.82 Å². The Hall–Kier alpha value is -3.42. The largest absolute Gasteiger partial charge is 0.469 e. The number of nitrogens with zero attached hydrogens (tertiary/aromatic N) is 1. The number of methoxy groups -OCH3 is 1. The SMILES string of the molecule is COC(=O)CCNC(=O)CNC(=O)c1cccc(Nc2ccccn2)c1. The maximum absolute atomic E-state index is 12.2. The number of pyridine rings is 1. The van der Waals surface area contributed by atoms with Crippen LogP contribution in [-0.2, 0) is 14.3 Å². The molecule has 1 heterocycles. The second-order valence-corrected chi connectivity index (χ2v) is 5.28. The van der Waals surface area contributed by atoms with E-state index in [1.54, 1.807) is 24.4 Å². The van der Waals surface area contributed by atoms with E-state index in [1.807, 2.05) is 24.3 Å². The molecule has 0 unspecified atom stereocenters. The van der Waals surface area contributed by atoms with E-state index in [0.29, 0.717) is 17.1 Å². The Bertz CT molecular complexity index is 765. The first kappa shape index (κ1) is 18.9. The number of benzene rings is 1. The van der Waals surface area contributed by atoms with Gasteiger partial charge < -0.3 is 20.7 Å². The molecule has 0 saturated carbocycles. The lowest BCUT2D eigenvalue weighted by atomic mass is 10.2. The Labute approximate surface area is 151 Å². The predicted molar refractivity (Wildman–Crippen MR) is 95.9 cm³/mol. The van der Waals surface area contributed by atoms with E-state index in [0.717, 1.165) is 0 Å². The number of hydrogen-bond donors (Lipinski definition) is 3. The molecule has 0 fully saturated rings. The van der Waals surface area contributed by atoms with Crippen LogP contribution in [0, 0.1) is 0 Å². The lowest BCUT2D eigenvalue weighted by Gasteiger charge is -2.09. The molecule has 0 atom stereocenters. The van der Waals surface area contributed by atoms with Gasteiger partial charge in [0.2, 0.25) is 5.91 Å². The van der Waals surface area contributed by atoms with E-state index >= 15 is 0 Å². The summed E-state index contributed by atoms with van der Waals surface area (Å²) < 4.78 is 4.47. The topological polar surface area (TPSA) is 109 Å². The third-order valence-electron chi connectivity index (χ3n) is 3.35. The second kappa shape index (κ2) is 9.77. The number of ether oxygens (including phenoxy) is 1. The molecule has 2 aromatic rings. The molecule has 0 saturated heterocycles. The van der Waals surface area contributed by atoms with Gasteiger partial charge in [0.25, 0.3) is 5.91 Å². The summed E-state index contributed by atoms with van der Waals surface area (Å²) in [5.41, 5.74) is 1.12. The third kappa shape index (κ3) is 6.23. The van der Waals surface area contributed by atoms with Gasteiger partial charge in [-0.2, -0.15) is 0 Å². The zero-order chi connectivity index (χ0) is 18.8. The van der Waals surface area contributed by atoms with Gasteiger partial charge >= 0.3 is 5.97 Å². The molecule has 0 bridgehead atoms. The molecule has 0 aliphatic carbocycles. The molecule has 8 nitrogen and oxygen atoms in total. The highest BCUT2D eigenvalue weighted by Crippen LogP contribution is 2.15. The highest BCUT2D eigenvalue weighted by atomic mass is 16.5. The first-order chi connectivity index (χ1) is 12.6. The Kier molecular flexibility index (Phi) is 7.11. The number of aromatic nitrogens is 1. The highest BCUT2D eigenvalue weighted by molar-refractivity contribution is 5.97. The minimum absolute atomic E-state index is 0.0808. The van der Waals surface area contributed by atoms with Gasteiger partial charge in [0.05, 0.1) is 20.1 Å². The molecule has 0 spiro atoms. The molecular formula is C18H20N4O4. The number of hydrogen-bond acceptors (Lipinski definition) is 6. The van der Waals surface area contributed by atoms with Crippen LogP contribution in [0.2, 0.25) is 0 Å². The van der Waals surface area contributed by atoms with E-state index in [1.165, 1.54) is 7.11 Å². The average molecular weight is 356 g/mol. The standard InChI is InChI=1S/C18H20N4O4/c1-26-17(24)8-10-20-16(23)12-21-18(25)13-5-4-6-14(11-13)22-15-7-2-3-9-19-15/h2-7,9,11H,8,10,12H2,1H3,(H,19,22)(H,20,23)(H,21,25). The Morgan fingerprint density at radius 2 is 1.92 bits per heavy atom. The molecule has 26 heavy (non-hydrogen) atoms. The highest BCUT2D eigenvalue weighted by Gasteiger charge is 2.09. The Morgan fingerprint density at radius 1 is 1.08 bits per heavy atom. The fraction of sp³-hybridized carbons (Fsp3) is 0.222. The smallest absolute Gasteiger partial charge is 0.307 e. The molecular weight excluding hydrogens is 336 g/mol. The maximum atomic E-state index is 12.2. The van der Waals surface area contributed by atoms with E-state index in [4.69, 9.17) is 0 Å². The van der Waals surface area contributed by atoms with Crippen molar-refractivity contribution in [2.24, 2.45) is 0 Å². The molecule has 8 heteroatoms. The summed E-state index contributed by atoms with van der Waals surface area (Å²) in [7, 11) is 1.28. The van der Waals surface area contributed by atoms with Crippen molar-refractivity contribution in [1.82, 2.24) is 15.6 Å². The number of carbonyl (C=O) groups excluding carboxylic acids is 3. The van der Waals surface area contributed by atoms with Crippen LogP contribution < -0.4 is 16.0 Å². The summed E-state index contributed by atoms with van der Waals surface area (Å²) in [5, 5.41) is 8.15. The summed E-state index contributed by atoms with van der Waals surface area (Å²) in [5.74, 6) is -0.510. The zero-order valence-electron chi connectivity index (χ0n) is 14.3. The van der Waals surface area contributed by atoms with Gasteiger partial charge in [-0.15, -0.1) is 0 Å². The number of nitrogens with one attached hydrogen (secondary N) is 3. The van der Waals surface area contributed by atoms with Gasteiger partial charge in [-0.25, -0.2) is 4.98 Å². The number of carbonyl (C=O) groups is 3. The van der Waals surface area contributed by atoms with Gasteiger partial charge in [-0.3, -0.25) is 14.4 Å². The molecule has 1 aromatic carbocycles. The van der Waals surface area contributed by atoms with E-state index < -0.39 is 5.97 Å². The maximum Gasteiger partial charge on any atom is 0.307 e. The minimum atomic E-state index is -0.411. The lowest BCUT2D eigenvalue weighted by molar-refractivity contribution is -0.140. The van der Waals surface area contributed by atoms with Crippen LogP contribution in [-0.4, -0.2) is 43.0 Å². The molecule has 2 rings (SSSR count). The van der Waals surface area contributed by atoms with Gasteiger partial charge in [0, 0.05) is 24.0 Å². The summed E-state index contributed by atoms with van der Waals surface area (Å²) in [6, 6.07) is 12.3. The van der Waals surface area contributed by atoms with Crippen molar-refractivity contribution in [3.63, 3.8) is 0 Å². The summed E-state index contributed by atoms with van der Waals surface area (Å²) in [6.45, 7) is -0.0250. The van der Waals surface area contributed by atoms with Crippen LogP contribution in [0.4, 0.5) is 11.5 Å². The number of rotatable bonds is 8. The number of esters is 1. The predicted octanol–water partition coefficient (Wildman–Crippen LogP) is 1.23. The van der Waals surface area contributed by atoms with Crippen molar-refractivity contribution in [2.75, 3.05) is 25.5 Å². The van der Waals surface area contributed by atoms with Crippen molar-refractivity contribution < 1.29 is 19.1 Å². The molecule has 3 N–H and O–H groups in total. The molecule has 0 aliphatic rings.